The smallest absolute Gasteiger partial charge is 0.251 e. The van der Waals surface area contributed by atoms with Crippen molar-refractivity contribution in [1.29, 1.82) is 0 Å². The van der Waals surface area contributed by atoms with Gasteiger partial charge < -0.3 is 5.32 Å². The molecule has 2 aliphatic rings. The maximum atomic E-state index is 13.1. The van der Waals surface area contributed by atoms with Crippen molar-refractivity contribution in [2.75, 3.05) is 13.1 Å². The van der Waals surface area contributed by atoms with Gasteiger partial charge in [0.25, 0.3) is 5.56 Å². The molecule has 7 nitrogen and oxygen atoms in total. The van der Waals surface area contributed by atoms with Gasteiger partial charge in [0.05, 0.1) is 10.4 Å². The van der Waals surface area contributed by atoms with E-state index in [0.717, 1.165) is 38.5 Å². The molecule has 33 heavy (non-hydrogen) atoms. The molecule has 2 aromatic rings. The first-order chi connectivity index (χ1) is 15.8. The summed E-state index contributed by atoms with van der Waals surface area (Å²) in [7, 11) is -3.58. The van der Waals surface area contributed by atoms with Crippen LogP contribution in [0, 0.1) is 5.92 Å². The van der Waals surface area contributed by atoms with Crippen LogP contribution in [-0.2, 0) is 21.4 Å². The van der Waals surface area contributed by atoms with Gasteiger partial charge in [0.15, 0.2) is 0 Å². The molecule has 2 heterocycles. The molecule has 4 rings (SSSR count). The van der Waals surface area contributed by atoms with Crippen molar-refractivity contribution in [2.45, 2.75) is 82.2 Å². The van der Waals surface area contributed by atoms with E-state index in [-0.39, 0.29) is 28.9 Å². The summed E-state index contributed by atoms with van der Waals surface area (Å²) in [5, 5.41) is 3.75. The predicted molar refractivity (Wildman–Crippen MR) is 130 cm³/mol. The van der Waals surface area contributed by atoms with Crippen molar-refractivity contribution in [3.05, 3.63) is 40.7 Å². The minimum Gasteiger partial charge on any atom is -0.352 e. The second-order valence-corrected chi connectivity index (χ2v) is 11.6. The highest BCUT2D eigenvalue weighted by atomic mass is 32.2. The van der Waals surface area contributed by atoms with Gasteiger partial charge in [-0.05, 0) is 61.3 Å². The number of hydrogen-bond acceptors (Lipinski definition) is 4. The molecule has 8 heteroatoms. The van der Waals surface area contributed by atoms with Crippen LogP contribution < -0.4 is 10.9 Å². The van der Waals surface area contributed by atoms with E-state index in [2.05, 4.69) is 12.2 Å². The summed E-state index contributed by atoms with van der Waals surface area (Å²) >= 11 is 0. The Morgan fingerprint density at radius 2 is 1.64 bits per heavy atom. The highest BCUT2D eigenvalue weighted by molar-refractivity contribution is 7.89. The van der Waals surface area contributed by atoms with Crippen molar-refractivity contribution < 1.29 is 13.2 Å². The molecule has 0 radical (unpaired) electrons. The quantitative estimate of drug-likeness (QED) is 0.718. The normalized spacial score (nSPS) is 19.8. The minimum absolute atomic E-state index is 0.0667. The molecular weight excluding hydrogens is 438 g/mol. The molecule has 1 N–H and O–H groups in total. The van der Waals surface area contributed by atoms with Gasteiger partial charge in [0, 0.05) is 25.2 Å². The maximum absolute atomic E-state index is 13.1. The van der Waals surface area contributed by atoms with Crippen molar-refractivity contribution in [3.63, 3.8) is 0 Å². The maximum Gasteiger partial charge on any atom is 0.251 e. The van der Waals surface area contributed by atoms with E-state index >= 15 is 0 Å². The highest BCUT2D eigenvalue weighted by Crippen LogP contribution is 2.26. The summed E-state index contributed by atoms with van der Waals surface area (Å²) in [5.41, 5.74) is 0.303. The Bertz CT molecular complexity index is 1140. The minimum atomic E-state index is -3.58. The summed E-state index contributed by atoms with van der Waals surface area (Å²) < 4.78 is 29.3. The monoisotopic (exact) mass is 473 g/mol. The van der Waals surface area contributed by atoms with E-state index in [1.54, 1.807) is 28.6 Å². The third kappa shape index (κ3) is 5.66. The van der Waals surface area contributed by atoms with Crippen LogP contribution in [0.1, 0.15) is 64.7 Å². The molecule has 0 spiro atoms. The number of rotatable bonds is 5. The van der Waals surface area contributed by atoms with E-state index in [1.165, 1.54) is 29.9 Å². The topological polar surface area (TPSA) is 88.5 Å². The number of piperidine rings is 1. The average Bonchev–Trinajstić information content (AvgIpc) is 2.77. The van der Waals surface area contributed by atoms with Crippen molar-refractivity contribution in [1.82, 2.24) is 14.2 Å². The van der Waals surface area contributed by atoms with Gasteiger partial charge in [0.2, 0.25) is 15.9 Å². The van der Waals surface area contributed by atoms with Crippen LogP contribution in [0.15, 0.2) is 40.0 Å². The molecule has 1 aliphatic heterocycles. The zero-order valence-corrected chi connectivity index (χ0v) is 20.3. The Hall–Kier alpha value is -2.19. The fourth-order valence-corrected chi connectivity index (χ4v) is 6.50. The van der Waals surface area contributed by atoms with Crippen LogP contribution in [0.25, 0.3) is 10.9 Å². The lowest BCUT2D eigenvalue weighted by atomic mass is 9.97. The number of aromatic nitrogens is 1. The number of carbonyl (C=O) groups is 1. The Balaban J connectivity index is 1.54. The van der Waals surface area contributed by atoms with Crippen molar-refractivity contribution in [2.24, 2.45) is 5.92 Å². The number of sulfonamides is 1. The lowest BCUT2D eigenvalue weighted by Gasteiger charge is -2.29. The van der Waals surface area contributed by atoms with Gasteiger partial charge in [-0.25, -0.2) is 8.42 Å². The Labute approximate surface area is 196 Å². The lowest BCUT2D eigenvalue weighted by Crippen LogP contribution is -2.39. The molecule has 0 atom stereocenters. The van der Waals surface area contributed by atoms with Crippen molar-refractivity contribution >= 4 is 26.8 Å². The molecular formula is C25H35N3O4S. The van der Waals surface area contributed by atoms with Crippen LogP contribution in [0.2, 0.25) is 0 Å². The number of carbonyl (C=O) groups excluding carboxylic acids is 1. The first kappa shape index (κ1) is 24.0. The Kier molecular flexibility index (Phi) is 7.54. The summed E-state index contributed by atoms with van der Waals surface area (Å²) in [6.07, 6.45) is 9.59. The highest BCUT2D eigenvalue weighted by Gasteiger charge is 2.28. The number of nitrogens with one attached hydrogen (secondary N) is 1. The van der Waals surface area contributed by atoms with Gasteiger partial charge in [-0.2, -0.15) is 4.31 Å². The number of benzene rings is 1. The molecule has 1 aromatic heterocycles. The number of nitrogens with zero attached hydrogens (tertiary/aromatic N) is 2. The third-order valence-electron chi connectivity index (χ3n) is 7.11. The van der Waals surface area contributed by atoms with Crippen LogP contribution in [0.5, 0.6) is 0 Å². The molecule has 1 saturated carbocycles. The summed E-state index contributed by atoms with van der Waals surface area (Å²) in [6.45, 7) is 3.14. The molecule has 1 amide bonds. The predicted octanol–water partition coefficient (Wildman–Crippen LogP) is 3.65. The molecule has 1 saturated heterocycles. The van der Waals surface area contributed by atoms with Gasteiger partial charge in [-0.1, -0.05) is 39.0 Å². The van der Waals surface area contributed by atoms with E-state index < -0.39 is 10.0 Å². The summed E-state index contributed by atoms with van der Waals surface area (Å²) in [6, 6.07) is 8.03. The van der Waals surface area contributed by atoms with E-state index in [1.807, 2.05) is 0 Å². The molecule has 180 valence electrons. The second-order valence-electron chi connectivity index (χ2n) is 9.67. The summed E-state index contributed by atoms with van der Waals surface area (Å²) in [5.74, 6) is 0.366. The molecule has 2 fully saturated rings. The van der Waals surface area contributed by atoms with Crippen molar-refractivity contribution in [3.8, 4) is 0 Å². The van der Waals surface area contributed by atoms with Crippen LogP contribution in [0.3, 0.4) is 0 Å². The molecule has 1 aromatic carbocycles. The first-order valence-corrected chi connectivity index (χ1v) is 13.7. The lowest BCUT2D eigenvalue weighted by molar-refractivity contribution is -0.122. The van der Waals surface area contributed by atoms with E-state index in [9.17, 15) is 18.0 Å². The number of amides is 1. The van der Waals surface area contributed by atoms with Gasteiger partial charge in [-0.3, -0.25) is 14.2 Å². The zero-order valence-electron chi connectivity index (χ0n) is 19.5. The fraction of sp³-hybridized carbons (Fsp3) is 0.600. The van der Waals surface area contributed by atoms with Gasteiger partial charge in [-0.15, -0.1) is 0 Å². The van der Waals surface area contributed by atoms with E-state index in [0.29, 0.717) is 29.9 Å². The number of hydrogen-bond donors (Lipinski definition) is 1. The largest absolute Gasteiger partial charge is 0.352 e. The van der Waals surface area contributed by atoms with Crippen LogP contribution in [0.4, 0.5) is 0 Å². The number of pyridine rings is 1. The van der Waals surface area contributed by atoms with Crippen LogP contribution in [-0.4, -0.2) is 42.3 Å². The summed E-state index contributed by atoms with van der Waals surface area (Å²) in [4.78, 5) is 25.6. The third-order valence-corrected chi connectivity index (χ3v) is 9.01. The number of fused-ring (bicyclic) bond motifs is 1. The molecule has 0 bridgehead atoms. The van der Waals surface area contributed by atoms with E-state index in [4.69, 9.17) is 0 Å². The first-order valence-electron chi connectivity index (χ1n) is 12.3. The zero-order chi connectivity index (χ0) is 23.4. The fourth-order valence-electron chi connectivity index (χ4n) is 5.00. The molecule has 0 unspecified atom stereocenters. The Morgan fingerprint density at radius 1 is 0.970 bits per heavy atom. The second kappa shape index (κ2) is 10.4. The SMILES string of the molecule is CC1CCN(S(=O)(=O)c2ccc3c(ccc(=O)n3CC(=O)NC3CCCCCCC3)c2)CC1. The average molecular weight is 474 g/mol. The van der Waals surface area contributed by atoms with Crippen LogP contribution >= 0.6 is 0 Å². The van der Waals surface area contributed by atoms with Gasteiger partial charge in [0.1, 0.15) is 6.54 Å². The Morgan fingerprint density at radius 3 is 2.33 bits per heavy atom. The standard InChI is InChI=1S/C25H35N3O4S/c1-19-13-15-27(16-14-19)33(31,32)22-10-11-23-20(17-22)9-12-25(30)28(23)18-24(29)26-21-7-5-3-2-4-6-8-21/h9-12,17,19,21H,2-8,13-16,18H2,1H3,(H,26,29). The molecule has 1 aliphatic carbocycles. The van der Waals surface area contributed by atoms with Gasteiger partial charge >= 0.3 is 0 Å².